The number of nitrogens with one attached hydrogen (secondary N) is 1. The van der Waals surface area contributed by atoms with Crippen molar-refractivity contribution < 1.29 is 9.59 Å². The highest BCUT2D eigenvalue weighted by atomic mass is 16.2. The molecule has 1 atom stereocenters. The molecule has 1 aromatic heterocycles. The molecule has 2 fully saturated rings. The number of hydrogen-bond acceptors (Lipinski definition) is 4. The van der Waals surface area contributed by atoms with Gasteiger partial charge in [-0.3, -0.25) is 9.59 Å². The van der Waals surface area contributed by atoms with Gasteiger partial charge in [-0.25, -0.2) is 0 Å². The van der Waals surface area contributed by atoms with Gasteiger partial charge < -0.3 is 14.8 Å². The number of piperidine rings is 1. The minimum absolute atomic E-state index is 0.0526. The van der Waals surface area contributed by atoms with E-state index in [1.54, 1.807) is 12.7 Å². The predicted octanol–water partition coefficient (Wildman–Crippen LogP) is 0.966. The van der Waals surface area contributed by atoms with Crippen LogP contribution in [0.25, 0.3) is 0 Å². The highest BCUT2D eigenvalue weighted by Gasteiger charge is 2.34. The number of hydrogen-bond donors (Lipinski definition) is 1. The lowest BCUT2D eigenvalue weighted by Crippen LogP contribution is -2.49. The van der Waals surface area contributed by atoms with Gasteiger partial charge in [0.25, 0.3) is 0 Å². The minimum Gasteiger partial charge on any atom is -0.356 e. The lowest BCUT2D eigenvalue weighted by Gasteiger charge is -2.36. The van der Waals surface area contributed by atoms with Crippen molar-refractivity contribution in [3.05, 3.63) is 12.7 Å². The second-order valence-corrected chi connectivity index (χ2v) is 6.56. The van der Waals surface area contributed by atoms with E-state index in [1.807, 2.05) is 9.47 Å². The molecule has 0 aromatic carbocycles. The average molecular weight is 319 g/mol. The SMILES string of the molecule is O=C(NCCCn1cnnc1)[C@@H]1CCC(=O)N(C2CCCC2)C1. The molecule has 2 amide bonds. The molecule has 0 unspecified atom stereocenters. The van der Waals surface area contributed by atoms with E-state index < -0.39 is 0 Å². The molecule has 126 valence electrons. The first-order valence-electron chi connectivity index (χ1n) is 8.63. The summed E-state index contributed by atoms with van der Waals surface area (Å²) in [6, 6.07) is 0.367. The molecule has 1 saturated carbocycles. The van der Waals surface area contributed by atoms with E-state index in [0.717, 1.165) is 25.8 Å². The number of aromatic nitrogens is 3. The number of aryl methyl sites for hydroxylation is 1. The molecule has 0 bridgehead atoms. The third kappa shape index (κ3) is 4.09. The Hall–Kier alpha value is -1.92. The van der Waals surface area contributed by atoms with Crippen molar-refractivity contribution in [1.29, 1.82) is 0 Å². The van der Waals surface area contributed by atoms with Crippen LogP contribution in [0.2, 0.25) is 0 Å². The number of nitrogens with zero attached hydrogens (tertiary/aromatic N) is 4. The molecule has 2 aliphatic rings. The summed E-state index contributed by atoms with van der Waals surface area (Å²) >= 11 is 0. The van der Waals surface area contributed by atoms with Crippen molar-refractivity contribution in [2.75, 3.05) is 13.1 Å². The number of carbonyl (C=O) groups excluding carboxylic acids is 2. The van der Waals surface area contributed by atoms with E-state index in [1.165, 1.54) is 12.8 Å². The predicted molar refractivity (Wildman–Crippen MR) is 84.3 cm³/mol. The van der Waals surface area contributed by atoms with Crippen molar-refractivity contribution >= 4 is 11.8 Å². The summed E-state index contributed by atoms with van der Waals surface area (Å²) in [5.74, 6) is 0.265. The Bertz CT molecular complexity index is 525. The summed E-state index contributed by atoms with van der Waals surface area (Å²) in [4.78, 5) is 26.4. The van der Waals surface area contributed by atoms with Gasteiger partial charge in [0.15, 0.2) is 0 Å². The summed E-state index contributed by atoms with van der Waals surface area (Å²) in [5.41, 5.74) is 0. The van der Waals surface area contributed by atoms with Crippen molar-refractivity contribution in [2.45, 2.75) is 57.5 Å². The zero-order valence-corrected chi connectivity index (χ0v) is 13.5. The lowest BCUT2D eigenvalue weighted by atomic mass is 9.95. The van der Waals surface area contributed by atoms with Crippen molar-refractivity contribution in [2.24, 2.45) is 5.92 Å². The van der Waals surface area contributed by atoms with Crippen LogP contribution >= 0.6 is 0 Å². The third-order valence-corrected chi connectivity index (χ3v) is 4.94. The van der Waals surface area contributed by atoms with Gasteiger partial charge in [0, 0.05) is 32.1 Å². The van der Waals surface area contributed by atoms with Crippen LogP contribution in [0.4, 0.5) is 0 Å². The Morgan fingerprint density at radius 3 is 2.70 bits per heavy atom. The summed E-state index contributed by atoms with van der Waals surface area (Å²) in [7, 11) is 0. The number of amides is 2. The minimum atomic E-state index is -0.0526. The highest BCUT2D eigenvalue weighted by molar-refractivity contribution is 5.84. The maximum Gasteiger partial charge on any atom is 0.224 e. The maximum absolute atomic E-state index is 12.3. The van der Waals surface area contributed by atoms with Gasteiger partial charge in [0.1, 0.15) is 12.7 Å². The first-order chi connectivity index (χ1) is 11.2. The zero-order chi connectivity index (χ0) is 16.1. The highest BCUT2D eigenvalue weighted by Crippen LogP contribution is 2.28. The molecule has 3 rings (SSSR count). The van der Waals surface area contributed by atoms with E-state index in [4.69, 9.17) is 0 Å². The van der Waals surface area contributed by atoms with Gasteiger partial charge in [0.05, 0.1) is 5.92 Å². The normalized spacial score (nSPS) is 22.5. The van der Waals surface area contributed by atoms with E-state index in [9.17, 15) is 9.59 Å². The van der Waals surface area contributed by atoms with Crippen molar-refractivity contribution in [3.63, 3.8) is 0 Å². The fourth-order valence-corrected chi connectivity index (χ4v) is 3.61. The summed E-state index contributed by atoms with van der Waals surface area (Å²) in [6.07, 6.45) is 9.99. The lowest BCUT2D eigenvalue weighted by molar-refractivity contribution is -0.140. The smallest absolute Gasteiger partial charge is 0.224 e. The molecule has 23 heavy (non-hydrogen) atoms. The van der Waals surface area contributed by atoms with E-state index in [0.29, 0.717) is 32.0 Å². The third-order valence-electron chi connectivity index (χ3n) is 4.94. The Kier molecular flexibility index (Phi) is 5.25. The largest absolute Gasteiger partial charge is 0.356 e. The quantitative estimate of drug-likeness (QED) is 0.792. The van der Waals surface area contributed by atoms with Crippen molar-refractivity contribution in [3.8, 4) is 0 Å². The molecule has 1 aliphatic carbocycles. The maximum atomic E-state index is 12.3. The topological polar surface area (TPSA) is 80.1 Å². The number of likely N-dealkylation sites (tertiary alicyclic amines) is 1. The zero-order valence-electron chi connectivity index (χ0n) is 13.5. The van der Waals surface area contributed by atoms with E-state index in [2.05, 4.69) is 15.5 Å². The standard InChI is InChI=1S/C16H25N5O2/c22-15-7-6-13(10-21(15)14-4-1-2-5-14)16(23)17-8-3-9-20-11-18-19-12-20/h11-14H,1-10H2,(H,17,23)/t13-/m1/s1. The van der Waals surface area contributed by atoms with Crippen LogP contribution in [0.1, 0.15) is 44.9 Å². The van der Waals surface area contributed by atoms with E-state index >= 15 is 0 Å². The molecule has 2 heterocycles. The van der Waals surface area contributed by atoms with Crippen LogP contribution in [0.5, 0.6) is 0 Å². The molecule has 0 radical (unpaired) electrons. The molecule has 7 nitrogen and oxygen atoms in total. The second kappa shape index (κ2) is 7.57. The van der Waals surface area contributed by atoms with Crippen LogP contribution in [0.3, 0.4) is 0 Å². The van der Waals surface area contributed by atoms with Crippen LogP contribution in [-0.2, 0) is 16.1 Å². The first kappa shape index (κ1) is 16.0. The number of rotatable bonds is 6. The fourth-order valence-electron chi connectivity index (χ4n) is 3.61. The number of carbonyl (C=O) groups is 2. The Morgan fingerprint density at radius 2 is 1.96 bits per heavy atom. The van der Waals surface area contributed by atoms with Gasteiger partial charge in [0.2, 0.25) is 11.8 Å². The molecule has 1 N–H and O–H groups in total. The van der Waals surface area contributed by atoms with Gasteiger partial charge >= 0.3 is 0 Å². The van der Waals surface area contributed by atoms with Gasteiger partial charge in [-0.15, -0.1) is 10.2 Å². The molecular weight excluding hydrogens is 294 g/mol. The average Bonchev–Trinajstić information content (AvgIpc) is 3.25. The van der Waals surface area contributed by atoms with Crippen LogP contribution in [-0.4, -0.2) is 50.6 Å². The molecule has 0 spiro atoms. The monoisotopic (exact) mass is 319 g/mol. The van der Waals surface area contributed by atoms with Crippen LogP contribution < -0.4 is 5.32 Å². The molecule has 1 aliphatic heterocycles. The van der Waals surface area contributed by atoms with Crippen LogP contribution in [0, 0.1) is 5.92 Å². The fraction of sp³-hybridized carbons (Fsp3) is 0.750. The van der Waals surface area contributed by atoms with Crippen molar-refractivity contribution in [1.82, 2.24) is 25.0 Å². The van der Waals surface area contributed by atoms with Crippen LogP contribution in [0.15, 0.2) is 12.7 Å². The Morgan fingerprint density at radius 1 is 1.22 bits per heavy atom. The second-order valence-electron chi connectivity index (χ2n) is 6.56. The Labute approximate surface area is 136 Å². The van der Waals surface area contributed by atoms with Gasteiger partial charge in [-0.1, -0.05) is 12.8 Å². The first-order valence-corrected chi connectivity index (χ1v) is 8.63. The molecule has 1 saturated heterocycles. The molecular formula is C16H25N5O2. The van der Waals surface area contributed by atoms with E-state index in [-0.39, 0.29) is 17.7 Å². The van der Waals surface area contributed by atoms with Gasteiger partial charge in [-0.2, -0.15) is 0 Å². The summed E-state index contributed by atoms with van der Waals surface area (Å²) in [5, 5.41) is 10.5. The van der Waals surface area contributed by atoms with Gasteiger partial charge in [-0.05, 0) is 25.7 Å². The Balaban J connectivity index is 1.42. The molecule has 1 aromatic rings. The summed E-state index contributed by atoms with van der Waals surface area (Å²) < 4.78 is 1.90. The molecule has 7 heteroatoms. The summed E-state index contributed by atoms with van der Waals surface area (Å²) in [6.45, 7) is 2.04.